The summed E-state index contributed by atoms with van der Waals surface area (Å²) in [5.41, 5.74) is 9.10. The highest BCUT2D eigenvalue weighted by molar-refractivity contribution is 6.30. The van der Waals surface area contributed by atoms with Crippen LogP contribution in [0.15, 0.2) is 52.8 Å². The van der Waals surface area contributed by atoms with Gasteiger partial charge < -0.3 is 15.8 Å². The first-order valence-corrected chi connectivity index (χ1v) is 11.9. The van der Waals surface area contributed by atoms with Crippen molar-refractivity contribution >= 4 is 29.3 Å². The molecule has 1 unspecified atom stereocenters. The lowest BCUT2D eigenvalue weighted by atomic mass is 10.1. The molecule has 3 N–H and O–H groups in total. The van der Waals surface area contributed by atoms with E-state index in [0.717, 1.165) is 42.7 Å². The van der Waals surface area contributed by atoms with Crippen molar-refractivity contribution in [1.29, 1.82) is 0 Å². The Morgan fingerprint density at radius 3 is 2.82 bits per heavy atom. The minimum atomic E-state index is 0.0263. The molecule has 0 spiro atoms. The van der Waals surface area contributed by atoms with E-state index in [1.807, 2.05) is 37.4 Å². The molecule has 34 heavy (non-hydrogen) atoms. The predicted molar refractivity (Wildman–Crippen MR) is 135 cm³/mol. The number of piperidine rings is 1. The second kappa shape index (κ2) is 10.8. The summed E-state index contributed by atoms with van der Waals surface area (Å²) in [6.45, 7) is 8.33. The minimum Gasteiger partial charge on any atom is -0.460 e. The number of halogens is 1. The number of hydrogen-bond acceptors (Lipinski definition) is 6. The van der Waals surface area contributed by atoms with Gasteiger partial charge in [-0.25, -0.2) is 9.36 Å². The molecule has 4 rings (SSSR count). The Labute approximate surface area is 204 Å². The van der Waals surface area contributed by atoms with Gasteiger partial charge >= 0.3 is 0 Å². The maximum Gasteiger partial charge on any atom is 0.289 e. The van der Waals surface area contributed by atoms with Crippen LogP contribution >= 0.6 is 11.6 Å². The number of nitrogens with zero attached hydrogens (tertiary/aromatic N) is 6. The summed E-state index contributed by atoms with van der Waals surface area (Å²) in [6, 6.07) is 8.10. The highest BCUT2D eigenvalue weighted by Gasteiger charge is 2.19. The molecular formula is C24H31ClN8O. The maximum atomic E-state index is 6.18. The summed E-state index contributed by atoms with van der Waals surface area (Å²) in [7, 11) is 0. The SMILES string of the molecule is CC(=NCc1ccccc1-n1cc(Cl)cn1)n1ncc(C(C)C)c1N=C(N)OC1CCCNC1. The van der Waals surface area contributed by atoms with Crippen LogP contribution in [0.4, 0.5) is 5.82 Å². The Morgan fingerprint density at radius 1 is 1.29 bits per heavy atom. The van der Waals surface area contributed by atoms with Crippen molar-refractivity contribution in [2.24, 2.45) is 15.7 Å². The molecule has 0 amide bonds. The Morgan fingerprint density at radius 2 is 2.12 bits per heavy atom. The zero-order valence-electron chi connectivity index (χ0n) is 19.8. The monoisotopic (exact) mass is 482 g/mol. The minimum absolute atomic E-state index is 0.0263. The zero-order valence-corrected chi connectivity index (χ0v) is 20.5. The molecule has 2 aromatic heterocycles. The smallest absolute Gasteiger partial charge is 0.289 e. The van der Waals surface area contributed by atoms with Gasteiger partial charge in [-0.1, -0.05) is 43.6 Å². The lowest BCUT2D eigenvalue weighted by Gasteiger charge is -2.23. The average Bonchev–Trinajstić information content (AvgIpc) is 3.44. The quantitative estimate of drug-likeness (QED) is 0.407. The molecule has 9 nitrogen and oxygen atoms in total. The fourth-order valence-electron chi connectivity index (χ4n) is 3.90. The molecule has 0 saturated carbocycles. The molecule has 1 saturated heterocycles. The maximum absolute atomic E-state index is 6.18. The number of aromatic nitrogens is 4. The molecule has 1 fully saturated rings. The van der Waals surface area contributed by atoms with E-state index in [4.69, 9.17) is 27.1 Å². The molecule has 1 aliphatic rings. The van der Waals surface area contributed by atoms with Crippen molar-refractivity contribution in [3.8, 4) is 5.69 Å². The number of amidine groups is 1. The number of hydrogen-bond donors (Lipinski definition) is 2. The van der Waals surface area contributed by atoms with E-state index in [2.05, 4.69) is 34.4 Å². The summed E-state index contributed by atoms with van der Waals surface area (Å²) >= 11 is 6.06. The fraction of sp³-hybridized carbons (Fsp3) is 0.417. The van der Waals surface area contributed by atoms with Crippen LogP contribution in [0.3, 0.4) is 0 Å². The summed E-state index contributed by atoms with van der Waals surface area (Å²) in [6.07, 6.45) is 7.25. The van der Waals surface area contributed by atoms with E-state index in [1.54, 1.807) is 21.8 Å². The van der Waals surface area contributed by atoms with Crippen LogP contribution < -0.4 is 11.1 Å². The number of para-hydroxylation sites is 1. The van der Waals surface area contributed by atoms with Gasteiger partial charge in [-0.3, -0.25) is 4.99 Å². The van der Waals surface area contributed by atoms with Crippen molar-refractivity contribution in [2.45, 2.75) is 52.2 Å². The molecule has 0 bridgehead atoms. The summed E-state index contributed by atoms with van der Waals surface area (Å²) in [5.74, 6) is 1.56. The van der Waals surface area contributed by atoms with Gasteiger partial charge in [0.1, 0.15) is 11.9 Å². The van der Waals surface area contributed by atoms with Gasteiger partial charge in [0.15, 0.2) is 5.82 Å². The number of ether oxygens (including phenoxy) is 1. The average molecular weight is 483 g/mol. The topological polar surface area (TPSA) is 108 Å². The van der Waals surface area contributed by atoms with Crippen molar-refractivity contribution in [3.63, 3.8) is 0 Å². The molecule has 0 aliphatic carbocycles. The normalized spacial score (nSPS) is 17.4. The van der Waals surface area contributed by atoms with E-state index < -0.39 is 0 Å². The number of nitrogens with one attached hydrogen (secondary N) is 1. The molecule has 1 atom stereocenters. The number of rotatable bonds is 6. The van der Waals surface area contributed by atoms with E-state index in [0.29, 0.717) is 23.2 Å². The second-order valence-electron chi connectivity index (χ2n) is 8.62. The van der Waals surface area contributed by atoms with Gasteiger partial charge in [0.05, 0.1) is 29.6 Å². The summed E-state index contributed by atoms with van der Waals surface area (Å²) in [4.78, 5) is 9.41. The molecule has 1 aliphatic heterocycles. The van der Waals surface area contributed by atoms with Crippen LogP contribution in [0, 0.1) is 0 Å². The lowest BCUT2D eigenvalue weighted by Crippen LogP contribution is -2.38. The number of aliphatic imine (C=N–C) groups is 2. The van der Waals surface area contributed by atoms with Crippen LogP contribution in [0.25, 0.3) is 5.69 Å². The molecule has 1 aromatic carbocycles. The third kappa shape index (κ3) is 5.66. The number of nitrogens with two attached hydrogens (primary N) is 1. The van der Waals surface area contributed by atoms with Crippen molar-refractivity contribution in [2.75, 3.05) is 13.1 Å². The van der Waals surface area contributed by atoms with Crippen LogP contribution in [-0.4, -0.2) is 50.6 Å². The van der Waals surface area contributed by atoms with E-state index in [9.17, 15) is 0 Å². The van der Waals surface area contributed by atoms with E-state index in [1.165, 1.54) is 0 Å². The first-order valence-electron chi connectivity index (χ1n) is 11.5. The lowest BCUT2D eigenvalue weighted by molar-refractivity contribution is 0.152. The van der Waals surface area contributed by atoms with E-state index >= 15 is 0 Å². The first kappa shape index (κ1) is 24.0. The molecule has 0 radical (unpaired) electrons. The fourth-order valence-corrected chi connectivity index (χ4v) is 4.04. The van der Waals surface area contributed by atoms with E-state index in [-0.39, 0.29) is 18.0 Å². The van der Waals surface area contributed by atoms with Crippen LogP contribution in [0.5, 0.6) is 0 Å². The van der Waals surface area contributed by atoms with Crippen LogP contribution in [-0.2, 0) is 11.3 Å². The first-order chi connectivity index (χ1) is 16.4. The van der Waals surface area contributed by atoms with Crippen molar-refractivity contribution in [3.05, 3.63) is 59.0 Å². The van der Waals surface area contributed by atoms with Gasteiger partial charge in [0.25, 0.3) is 6.02 Å². The second-order valence-corrected chi connectivity index (χ2v) is 9.06. The van der Waals surface area contributed by atoms with Crippen molar-refractivity contribution < 1.29 is 4.74 Å². The Bertz CT molecular complexity index is 1170. The largest absolute Gasteiger partial charge is 0.460 e. The predicted octanol–water partition coefficient (Wildman–Crippen LogP) is 4.03. The number of benzene rings is 1. The Balaban J connectivity index is 1.59. The molecule has 180 valence electrons. The zero-order chi connectivity index (χ0) is 24.1. The summed E-state index contributed by atoms with van der Waals surface area (Å²) < 4.78 is 9.37. The van der Waals surface area contributed by atoms with Gasteiger partial charge in [-0.15, -0.1) is 0 Å². The van der Waals surface area contributed by atoms with Gasteiger partial charge in [0, 0.05) is 18.3 Å². The van der Waals surface area contributed by atoms with Crippen LogP contribution in [0.1, 0.15) is 50.7 Å². The summed E-state index contributed by atoms with van der Waals surface area (Å²) in [5, 5.41) is 12.8. The highest BCUT2D eigenvalue weighted by Crippen LogP contribution is 2.27. The highest BCUT2D eigenvalue weighted by atomic mass is 35.5. The molecular weight excluding hydrogens is 452 g/mol. The Hall–Kier alpha value is -3.17. The molecule has 10 heteroatoms. The Kier molecular flexibility index (Phi) is 7.64. The third-order valence-corrected chi connectivity index (χ3v) is 5.92. The molecule has 3 aromatic rings. The van der Waals surface area contributed by atoms with Gasteiger partial charge in [0.2, 0.25) is 0 Å². The standard InChI is InChI=1S/C24H31ClN8O/c1-16(2)21-14-30-33(23(21)31-24(26)34-20-8-6-10-27-13-20)17(3)28-11-18-7-4-5-9-22(18)32-15-19(25)12-29-32/h4-5,7,9,12,14-16,20,27H,6,8,10-11,13H2,1-3H3,(H2,26,31). The molecule has 3 heterocycles. The van der Waals surface area contributed by atoms with Crippen molar-refractivity contribution in [1.82, 2.24) is 24.9 Å². The van der Waals surface area contributed by atoms with Crippen LogP contribution in [0.2, 0.25) is 5.02 Å². The van der Waals surface area contributed by atoms with Gasteiger partial charge in [-0.2, -0.15) is 15.2 Å². The van der Waals surface area contributed by atoms with Gasteiger partial charge in [-0.05, 0) is 43.9 Å². The third-order valence-electron chi connectivity index (χ3n) is 5.72.